The van der Waals surface area contributed by atoms with Crippen LogP contribution in [0.25, 0.3) is 11.1 Å². The SMILES string of the molecule is O=C1NC(=O)C(c2cccc(C(F)(F)F)c2)=C1c1ccc(F)cc1. The van der Waals surface area contributed by atoms with E-state index in [0.29, 0.717) is 0 Å². The highest BCUT2D eigenvalue weighted by molar-refractivity contribution is 6.49. The Morgan fingerprint density at radius 1 is 0.792 bits per heavy atom. The van der Waals surface area contributed by atoms with Gasteiger partial charge in [0.15, 0.2) is 0 Å². The summed E-state index contributed by atoms with van der Waals surface area (Å²) in [7, 11) is 0. The lowest BCUT2D eigenvalue weighted by molar-refractivity contribution is -0.137. The number of rotatable bonds is 2. The Hall–Kier alpha value is -2.96. The standard InChI is InChI=1S/C17H9F4NO2/c18-12-6-4-9(5-7-12)13-14(16(24)22-15(13)23)10-2-1-3-11(8-10)17(19,20)21/h1-8H,(H,22,23,24). The van der Waals surface area contributed by atoms with Crippen LogP contribution in [0.15, 0.2) is 48.5 Å². The molecule has 0 aromatic heterocycles. The molecule has 0 unspecified atom stereocenters. The van der Waals surface area contributed by atoms with Crippen molar-refractivity contribution in [1.29, 1.82) is 0 Å². The molecular formula is C17H9F4NO2. The molecule has 0 saturated carbocycles. The van der Waals surface area contributed by atoms with Gasteiger partial charge in [0.05, 0.1) is 16.7 Å². The van der Waals surface area contributed by atoms with Crippen LogP contribution in [0.3, 0.4) is 0 Å². The molecule has 2 aromatic rings. The lowest BCUT2D eigenvalue weighted by Crippen LogP contribution is -2.22. The molecule has 24 heavy (non-hydrogen) atoms. The number of alkyl halides is 3. The molecular weight excluding hydrogens is 326 g/mol. The lowest BCUT2D eigenvalue weighted by atomic mass is 9.95. The Morgan fingerprint density at radius 2 is 1.38 bits per heavy atom. The quantitative estimate of drug-likeness (QED) is 0.675. The maximum Gasteiger partial charge on any atom is 0.416 e. The van der Waals surface area contributed by atoms with Crippen molar-refractivity contribution in [2.45, 2.75) is 6.18 Å². The van der Waals surface area contributed by atoms with Crippen molar-refractivity contribution >= 4 is 23.0 Å². The summed E-state index contributed by atoms with van der Waals surface area (Å²) < 4.78 is 51.6. The van der Waals surface area contributed by atoms with Gasteiger partial charge in [0.25, 0.3) is 11.8 Å². The third-order valence-corrected chi connectivity index (χ3v) is 3.54. The molecule has 7 heteroatoms. The molecule has 0 atom stereocenters. The maximum atomic E-state index is 13.0. The largest absolute Gasteiger partial charge is 0.416 e. The minimum atomic E-state index is -4.58. The number of imide groups is 1. The number of benzene rings is 2. The highest BCUT2D eigenvalue weighted by Crippen LogP contribution is 2.35. The van der Waals surface area contributed by atoms with Gasteiger partial charge in [-0.15, -0.1) is 0 Å². The number of carbonyl (C=O) groups is 2. The van der Waals surface area contributed by atoms with E-state index in [-0.39, 0.29) is 22.3 Å². The molecule has 1 heterocycles. The molecule has 1 N–H and O–H groups in total. The summed E-state index contributed by atoms with van der Waals surface area (Å²) in [5.41, 5.74) is -0.977. The third-order valence-electron chi connectivity index (χ3n) is 3.54. The first kappa shape index (κ1) is 15.9. The predicted octanol–water partition coefficient (Wildman–Crippen LogP) is 3.41. The van der Waals surface area contributed by atoms with Crippen LogP contribution in [-0.2, 0) is 15.8 Å². The van der Waals surface area contributed by atoms with Gasteiger partial charge in [-0.2, -0.15) is 13.2 Å². The summed E-state index contributed by atoms with van der Waals surface area (Å²) in [6.07, 6.45) is -4.58. The molecule has 2 amide bonds. The molecule has 1 aliphatic rings. The molecule has 3 rings (SSSR count). The normalized spacial score (nSPS) is 15.0. The Labute approximate surface area is 133 Å². The van der Waals surface area contributed by atoms with Gasteiger partial charge in [0.2, 0.25) is 0 Å². The van der Waals surface area contributed by atoms with Crippen molar-refractivity contribution < 1.29 is 27.2 Å². The molecule has 0 spiro atoms. The van der Waals surface area contributed by atoms with Gasteiger partial charge in [-0.3, -0.25) is 14.9 Å². The summed E-state index contributed by atoms with van der Waals surface area (Å²) >= 11 is 0. The second kappa shape index (κ2) is 5.59. The molecule has 0 aliphatic carbocycles. The van der Waals surface area contributed by atoms with E-state index in [9.17, 15) is 27.2 Å². The fraction of sp³-hybridized carbons (Fsp3) is 0.0588. The van der Waals surface area contributed by atoms with E-state index in [1.807, 2.05) is 0 Å². The van der Waals surface area contributed by atoms with Gasteiger partial charge in [0, 0.05) is 0 Å². The zero-order chi connectivity index (χ0) is 17.5. The van der Waals surface area contributed by atoms with Gasteiger partial charge in [-0.25, -0.2) is 4.39 Å². The van der Waals surface area contributed by atoms with Gasteiger partial charge in [-0.1, -0.05) is 24.3 Å². The van der Waals surface area contributed by atoms with E-state index in [1.165, 1.54) is 18.2 Å². The van der Waals surface area contributed by atoms with Crippen LogP contribution in [0.4, 0.5) is 17.6 Å². The number of halogens is 4. The van der Waals surface area contributed by atoms with E-state index < -0.39 is 29.4 Å². The maximum absolute atomic E-state index is 13.0. The first-order chi connectivity index (χ1) is 11.3. The van der Waals surface area contributed by atoms with E-state index in [1.54, 1.807) is 0 Å². The second-order valence-corrected chi connectivity index (χ2v) is 5.12. The first-order valence-corrected chi connectivity index (χ1v) is 6.81. The molecule has 3 nitrogen and oxygen atoms in total. The van der Waals surface area contributed by atoms with Gasteiger partial charge in [-0.05, 0) is 35.4 Å². The van der Waals surface area contributed by atoms with Crippen LogP contribution in [0.2, 0.25) is 0 Å². The number of amides is 2. The number of hydrogen-bond donors (Lipinski definition) is 1. The second-order valence-electron chi connectivity index (χ2n) is 5.12. The summed E-state index contributed by atoms with van der Waals surface area (Å²) in [5.74, 6) is -2.07. The van der Waals surface area contributed by atoms with Crippen molar-refractivity contribution in [2.24, 2.45) is 0 Å². The number of hydrogen-bond acceptors (Lipinski definition) is 2. The highest BCUT2D eigenvalue weighted by Gasteiger charge is 2.35. The third kappa shape index (κ3) is 2.80. The van der Waals surface area contributed by atoms with E-state index in [2.05, 4.69) is 5.32 Å². The van der Waals surface area contributed by atoms with Gasteiger partial charge < -0.3 is 0 Å². The summed E-state index contributed by atoms with van der Waals surface area (Å²) in [6, 6.07) is 8.92. The fourth-order valence-corrected chi connectivity index (χ4v) is 2.47. The van der Waals surface area contributed by atoms with Crippen molar-refractivity contribution in [3.8, 4) is 0 Å². The minimum Gasteiger partial charge on any atom is -0.288 e. The van der Waals surface area contributed by atoms with E-state index >= 15 is 0 Å². The van der Waals surface area contributed by atoms with E-state index in [4.69, 9.17) is 0 Å². The van der Waals surface area contributed by atoms with Crippen molar-refractivity contribution in [1.82, 2.24) is 5.32 Å². The topological polar surface area (TPSA) is 46.2 Å². The van der Waals surface area contributed by atoms with Crippen LogP contribution < -0.4 is 5.32 Å². The average molecular weight is 335 g/mol. The van der Waals surface area contributed by atoms with Gasteiger partial charge in [0.1, 0.15) is 5.82 Å². The number of nitrogens with one attached hydrogen (secondary N) is 1. The molecule has 122 valence electrons. The first-order valence-electron chi connectivity index (χ1n) is 6.81. The summed E-state index contributed by atoms with van der Waals surface area (Å²) in [4.78, 5) is 24.1. The summed E-state index contributed by atoms with van der Waals surface area (Å²) in [5, 5.41) is 2.06. The van der Waals surface area contributed by atoms with E-state index in [0.717, 1.165) is 30.3 Å². The van der Waals surface area contributed by atoms with Crippen LogP contribution >= 0.6 is 0 Å². The highest BCUT2D eigenvalue weighted by atomic mass is 19.4. The Balaban J connectivity index is 2.20. The van der Waals surface area contributed by atoms with Crippen LogP contribution in [0.1, 0.15) is 16.7 Å². The number of carbonyl (C=O) groups excluding carboxylic acids is 2. The smallest absolute Gasteiger partial charge is 0.288 e. The predicted molar refractivity (Wildman–Crippen MR) is 77.8 cm³/mol. The molecule has 0 fully saturated rings. The zero-order valence-corrected chi connectivity index (χ0v) is 11.9. The van der Waals surface area contributed by atoms with Crippen molar-refractivity contribution in [2.75, 3.05) is 0 Å². The molecule has 0 bridgehead atoms. The Morgan fingerprint density at radius 3 is 1.96 bits per heavy atom. The van der Waals surface area contributed by atoms with Gasteiger partial charge >= 0.3 is 6.18 Å². The minimum absolute atomic E-state index is 0.0347. The van der Waals surface area contributed by atoms with Crippen LogP contribution in [0, 0.1) is 5.82 Å². The molecule has 1 aliphatic heterocycles. The molecule has 0 radical (unpaired) electrons. The monoisotopic (exact) mass is 335 g/mol. The Bertz CT molecular complexity index is 867. The van der Waals surface area contributed by atoms with Crippen LogP contribution in [-0.4, -0.2) is 11.8 Å². The zero-order valence-electron chi connectivity index (χ0n) is 11.9. The fourth-order valence-electron chi connectivity index (χ4n) is 2.47. The Kier molecular flexibility index (Phi) is 3.71. The van der Waals surface area contributed by atoms with Crippen molar-refractivity contribution in [3.63, 3.8) is 0 Å². The lowest BCUT2D eigenvalue weighted by Gasteiger charge is -2.09. The molecule has 0 saturated heterocycles. The molecule has 2 aromatic carbocycles. The van der Waals surface area contributed by atoms with Crippen LogP contribution in [0.5, 0.6) is 0 Å². The van der Waals surface area contributed by atoms with Crippen molar-refractivity contribution in [3.05, 3.63) is 71.0 Å². The average Bonchev–Trinajstić information content (AvgIpc) is 2.82. The summed E-state index contributed by atoms with van der Waals surface area (Å²) in [6.45, 7) is 0.